The van der Waals surface area contributed by atoms with Crippen LogP contribution in [0.3, 0.4) is 0 Å². The van der Waals surface area contributed by atoms with Crippen molar-refractivity contribution in [2.45, 2.75) is 57.5 Å². The van der Waals surface area contributed by atoms with E-state index >= 15 is 0 Å². The lowest BCUT2D eigenvalue weighted by Crippen LogP contribution is -2.55. The number of rotatable bonds is 7. The third kappa shape index (κ3) is 4.93. The molecule has 0 spiro atoms. The quantitative estimate of drug-likeness (QED) is 0.769. The highest BCUT2D eigenvalue weighted by atomic mass is 16.5. The molecule has 2 amide bonds. The Kier molecular flexibility index (Phi) is 6.58. The van der Waals surface area contributed by atoms with Crippen molar-refractivity contribution in [1.82, 2.24) is 10.6 Å². The molecule has 4 unspecified atom stereocenters. The van der Waals surface area contributed by atoms with Gasteiger partial charge in [0.05, 0.1) is 7.11 Å². The van der Waals surface area contributed by atoms with Crippen LogP contribution in [0.4, 0.5) is 0 Å². The van der Waals surface area contributed by atoms with Gasteiger partial charge in [0.25, 0.3) is 5.91 Å². The molecule has 1 saturated heterocycles. The van der Waals surface area contributed by atoms with E-state index < -0.39 is 0 Å². The minimum Gasteiger partial charge on any atom is -0.493 e. The maximum absolute atomic E-state index is 12.3. The van der Waals surface area contributed by atoms with Crippen molar-refractivity contribution < 1.29 is 19.1 Å². The molecule has 6 heteroatoms. The van der Waals surface area contributed by atoms with E-state index in [1.54, 1.807) is 19.2 Å². The minimum absolute atomic E-state index is 0.0458. The highest BCUT2D eigenvalue weighted by Crippen LogP contribution is 2.37. The Morgan fingerprint density at radius 2 is 2.04 bits per heavy atom. The SMILES string of the molecule is CCCC1CC(=O)NC2CC(NC(=O)COc3ccccc3OC)CCC12. The number of benzene rings is 1. The molecule has 1 heterocycles. The summed E-state index contributed by atoms with van der Waals surface area (Å²) >= 11 is 0. The van der Waals surface area contributed by atoms with E-state index in [1.165, 1.54) is 0 Å². The number of amides is 2. The van der Waals surface area contributed by atoms with E-state index in [9.17, 15) is 9.59 Å². The van der Waals surface area contributed by atoms with Crippen molar-refractivity contribution in [2.24, 2.45) is 11.8 Å². The number of hydrogen-bond acceptors (Lipinski definition) is 4. The average molecular weight is 374 g/mol. The average Bonchev–Trinajstić information content (AvgIpc) is 2.66. The van der Waals surface area contributed by atoms with Crippen LogP contribution in [0.2, 0.25) is 0 Å². The lowest BCUT2D eigenvalue weighted by molar-refractivity contribution is -0.127. The second-order valence-electron chi connectivity index (χ2n) is 7.61. The molecule has 1 aromatic rings. The topological polar surface area (TPSA) is 76.7 Å². The molecule has 2 fully saturated rings. The van der Waals surface area contributed by atoms with Crippen molar-refractivity contribution in [2.75, 3.05) is 13.7 Å². The van der Waals surface area contributed by atoms with Crippen LogP contribution in [0.1, 0.15) is 45.4 Å². The Bertz CT molecular complexity index is 663. The molecule has 1 aliphatic carbocycles. The number of fused-ring (bicyclic) bond motifs is 1. The first-order valence-corrected chi connectivity index (χ1v) is 9.95. The predicted molar refractivity (Wildman–Crippen MR) is 103 cm³/mol. The normalized spacial score (nSPS) is 27.3. The molecule has 4 atom stereocenters. The van der Waals surface area contributed by atoms with Gasteiger partial charge in [-0.25, -0.2) is 0 Å². The van der Waals surface area contributed by atoms with E-state index in [1.807, 2.05) is 12.1 Å². The van der Waals surface area contributed by atoms with Gasteiger partial charge in [0, 0.05) is 18.5 Å². The minimum atomic E-state index is -0.142. The fraction of sp³-hybridized carbons (Fsp3) is 0.619. The van der Waals surface area contributed by atoms with E-state index in [-0.39, 0.29) is 30.5 Å². The van der Waals surface area contributed by atoms with Crippen LogP contribution in [0, 0.1) is 11.8 Å². The third-order valence-corrected chi connectivity index (χ3v) is 5.76. The van der Waals surface area contributed by atoms with Crippen molar-refractivity contribution in [3.63, 3.8) is 0 Å². The van der Waals surface area contributed by atoms with Crippen LogP contribution in [-0.4, -0.2) is 37.6 Å². The zero-order chi connectivity index (χ0) is 19.2. The van der Waals surface area contributed by atoms with Crippen molar-refractivity contribution in [3.8, 4) is 11.5 Å². The van der Waals surface area contributed by atoms with Gasteiger partial charge in [-0.2, -0.15) is 0 Å². The molecule has 1 aromatic carbocycles. The maximum Gasteiger partial charge on any atom is 0.258 e. The first kappa shape index (κ1) is 19.5. The molecule has 27 heavy (non-hydrogen) atoms. The summed E-state index contributed by atoms with van der Waals surface area (Å²) in [7, 11) is 1.57. The summed E-state index contributed by atoms with van der Waals surface area (Å²) in [4.78, 5) is 24.3. The van der Waals surface area contributed by atoms with Gasteiger partial charge in [-0.3, -0.25) is 9.59 Å². The predicted octanol–water partition coefficient (Wildman–Crippen LogP) is 2.66. The van der Waals surface area contributed by atoms with Crippen LogP contribution >= 0.6 is 0 Å². The molecular formula is C21H30N2O4. The van der Waals surface area contributed by atoms with Crippen molar-refractivity contribution in [3.05, 3.63) is 24.3 Å². The van der Waals surface area contributed by atoms with Crippen molar-refractivity contribution in [1.29, 1.82) is 0 Å². The highest BCUT2D eigenvalue weighted by Gasteiger charge is 2.40. The van der Waals surface area contributed by atoms with E-state index in [0.717, 1.165) is 32.1 Å². The summed E-state index contributed by atoms with van der Waals surface area (Å²) in [5.74, 6) is 2.20. The van der Waals surface area contributed by atoms with Gasteiger partial charge in [0.2, 0.25) is 5.91 Å². The van der Waals surface area contributed by atoms with E-state index in [4.69, 9.17) is 9.47 Å². The maximum atomic E-state index is 12.3. The van der Waals surface area contributed by atoms with Gasteiger partial charge in [0.15, 0.2) is 18.1 Å². The monoisotopic (exact) mass is 374 g/mol. The summed E-state index contributed by atoms with van der Waals surface area (Å²) in [6, 6.07) is 7.54. The Labute approximate surface area is 161 Å². The van der Waals surface area contributed by atoms with Gasteiger partial charge in [0.1, 0.15) is 0 Å². The van der Waals surface area contributed by atoms with Crippen LogP contribution in [0.15, 0.2) is 24.3 Å². The van der Waals surface area contributed by atoms with Gasteiger partial charge < -0.3 is 20.1 Å². The molecule has 3 rings (SSSR count). The molecule has 0 bridgehead atoms. The van der Waals surface area contributed by atoms with Crippen LogP contribution in [-0.2, 0) is 9.59 Å². The largest absolute Gasteiger partial charge is 0.493 e. The molecule has 0 radical (unpaired) electrons. The van der Waals surface area contributed by atoms with Crippen molar-refractivity contribution >= 4 is 11.8 Å². The zero-order valence-corrected chi connectivity index (χ0v) is 16.2. The summed E-state index contributed by atoms with van der Waals surface area (Å²) in [6.07, 6.45) is 5.68. The Morgan fingerprint density at radius 3 is 2.78 bits per heavy atom. The van der Waals surface area contributed by atoms with Gasteiger partial charge >= 0.3 is 0 Å². The zero-order valence-electron chi connectivity index (χ0n) is 16.2. The Morgan fingerprint density at radius 1 is 1.26 bits per heavy atom. The fourth-order valence-corrected chi connectivity index (χ4v) is 4.55. The number of ether oxygens (including phenoxy) is 2. The molecule has 148 valence electrons. The fourth-order valence-electron chi connectivity index (χ4n) is 4.55. The van der Waals surface area contributed by atoms with E-state index in [2.05, 4.69) is 17.6 Å². The molecule has 1 saturated carbocycles. The number of para-hydroxylation sites is 2. The molecule has 2 N–H and O–H groups in total. The first-order chi connectivity index (χ1) is 13.1. The third-order valence-electron chi connectivity index (χ3n) is 5.76. The summed E-state index contributed by atoms with van der Waals surface area (Å²) in [5.41, 5.74) is 0. The Balaban J connectivity index is 1.50. The second kappa shape index (κ2) is 9.11. The molecule has 1 aliphatic heterocycles. The number of nitrogens with one attached hydrogen (secondary N) is 2. The first-order valence-electron chi connectivity index (χ1n) is 9.95. The molecule has 0 aromatic heterocycles. The summed E-state index contributed by atoms with van der Waals surface area (Å²) in [6.45, 7) is 2.13. The lowest BCUT2D eigenvalue weighted by atomic mass is 9.70. The molecular weight excluding hydrogens is 344 g/mol. The van der Waals surface area contributed by atoms with Crippen LogP contribution < -0.4 is 20.1 Å². The number of methoxy groups -OCH3 is 1. The Hall–Kier alpha value is -2.24. The molecule has 6 nitrogen and oxygen atoms in total. The van der Waals surface area contributed by atoms with Crippen LogP contribution in [0.5, 0.6) is 11.5 Å². The van der Waals surface area contributed by atoms with Crippen LogP contribution in [0.25, 0.3) is 0 Å². The highest BCUT2D eigenvalue weighted by molar-refractivity contribution is 5.78. The van der Waals surface area contributed by atoms with E-state index in [0.29, 0.717) is 29.8 Å². The summed E-state index contributed by atoms with van der Waals surface area (Å²) in [5, 5.41) is 6.21. The standard InChI is InChI=1S/C21H30N2O4/c1-3-6-14-11-20(24)23-17-12-15(9-10-16(14)17)22-21(25)13-27-19-8-5-4-7-18(19)26-2/h4-5,7-8,14-17H,3,6,9-13H2,1-2H3,(H,22,25)(H,23,24). The summed E-state index contributed by atoms with van der Waals surface area (Å²) < 4.78 is 10.8. The smallest absolute Gasteiger partial charge is 0.258 e. The molecule has 2 aliphatic rings. The number of piperidine rings is 1. The van der Waals surface area contributed by atoms with Gasteiger partial charge in [-0.15, -0.1) is 0 Å². The lowest BCUT2D eigenvalue weighted by Gasteiger charge is -2.44. The number of carbonyl (C=O) groups is 2. The number of carbonyl (C=O) groups excluding carboxylic acids is 2. The van der Waals surface area contributed by atoms with Gasteiger partial charge in [-0.1, -0.05) is 25.5 Å². The number of hydrogen-bond donors (Lipinski definition) is 2. The second-order valence-corrected chi connectivity index (χ2v) is 7.61. The van der Waals surface area contributed by atoms with Gasteiger partial charge in [-0.05, 0) is 49.7 Å².